The minimum Gasteiger partial charge on any atom is -0.507 e. The number of hydrogen-bond acceptors (Lipinski definition) is 7. The van der Waals surface area contributed by atoms with Crippen molar-refractivity contribution in [2.45, 2.75) is 4.90 Å². The van der Waals surface area contributed by atoms with E-state index in [4.69, 9.17) is 11.6 Å². The second kappa shape index (κ2) is 8.80. The van der Waals surface area contributed by atoms with Gasteiger partial charge in [0.2, 0.25) is 0 Å². The van der Waals surface area contributed by atoms with Crippen LogP contribution in [-0.4, -0.2) is 24.7 Å². The van der Waals surface area contributed by atoms with Gasteiger partial charge in [0.1, 0.15) is 11.4 Å². The summed E-state index contributed by atoms with van der Waals surface area (Å²) in [5.41, 5.74) is 2.65. The van der Waals surface area contributed by atoms with E-state index in [2.05, 4.69) is 15.2 Å². The Morgan fingerprint density at radius 2 is 1.77 bits per heavy atom. The molecule has 11 heteroatoms. The summed E-state index contributed by atoms with van der Waals surface area (Å²) in [5, 5.41) is 25.4. The SMILES string of the molecule is O=[N+]([O-])c1cc(S(=O)(=O)Nc2ccc(Cl)cc2)ccc1N/N=C/c1ccccc1O. The molecule has 0 bridgehead atoms. The number of phenolic OH excluding ortho intramolecular Hbond substituents is 1. The van der Waals surface area contributed by atoms with E-state index in [-0.39, 0.29) is 22.0 Å². The quantitative estimate of drug-likeness (QED) is 0.283. The Morgan fingerprint density at radius 1 is 1.07 bits per heavy atom. The van der Waals surface area contributed by atoms with Gasteiger partial charge < -0.3 is 5.11 Å². The van der Waals surface area contributed by atoms with Crippen molar-refractivity contribution in [1.82, 2.24) is 0 Å². The summed E-state index contributed by atoms with van der Waals surface area (Å²) >= 11 is 5.78. The highest BCUT2D eigenvalue weighted by Crippen LogP contribution is 2.29. The predicted molar refractivity (Wildman–Crippen MR) is 115 cm³/mol. The monoisotopic (exact) mass is 446 g/mol. The number of hydrogen-bond donors (Lipinski definition) is 3. The number of sulfonamides is 1. The van der Waals surface area contributed by atoms with Gasteiger partial charge in [-0.05, 0) is 48.5 Å². The molecule has 154 valence electrons. The molecular weight excluding hydrogens is 432 g/mol. The normalized spacial score (nSPS) is 11.4. The maximum absolute atomic E-state index is 12.6. The van der Waals surface area contributed by atoms with Gasteiger partial charge in [-0.1, -0.05) is 23.7 Å². The van der Waals surface area contributed by atoms with E-state index in [0.29, 0.717) is 10.6 Å². The number of aromatic hydroxyl groups is 1. The zero-order valence-corrected chi connectivity index (χ0v) is 16.8. The molecule has 30 heavy (non-hydrogen) atoms. The van der Waals surface area contributed by atoms with Crippen LogP contribution in [0.15, 0.2) is 76.7 Å². The Bertz CT molecular complexity index is 1210. The molecule has 0 heterocycles. The Morgan fingerprint density at radius 3 is 2.43 bits per heavy atom. The molecule has 0 fully saturated rings. The van der Waals surface area contributed by atoms with Crippen LogP contribution in [0.1, 0.15) is 5.56 Å². The third-order valence-corrected chi connectivity index (χ3v) is 5.53. The van der Waals surface area contributed by atoms with E-state index in [1.54, 1.807) is 18.2 Å². The first-order chi connectivity index (χ1) is 14.3. The van der Waals surface area contributed by atoms with Gasteiger partial charge in [-0.15, -0.1) is 0 Å². The standard InChI is InChI=1S/C19H15ClN4O5S/c20-14-5-7-15(8-6-14)23-30(28,29)16-9-10-17(18(11-16)24(26)27)22-21-12-13-3-1-2-4-19(13)25/h1-12,22-23,25H/b21-12+. The Hall–Kier alpha value is -3.63. The molecule has 0 aliphatic heterocycles. The molecule has 0 saturated carbocycles. The van der Waals surface area contributed by atoms with Gasteiger partial charge in [0, 0.05) is 22.3 Å². The van der Waals surface area contributed by atoms with Gasteiger partial charge in [0.25, 0.3) is 15.7 Å². The molecule has 0 radical (unpaired) electrons. The lowest BCUT2D eigenvalue weighted by Gasteiger charge is -2.09. The maximum Gasteiger partial charge on any atom is 0.295 e. The highest BCUT2D eigenvalue weighted by Gasteiger charge is 2.21. The zero-order valence-electron chi connectivity index (χ0n) is 15.2. The summed E-state index contributed by atoms with van der Waals surface area (Å²) in [6.07, 6.45) is 1.28. The fourth-order valence-corrected chi connectivity index (χ4v) is 3.63. The molecular formula is C19H15ClN4O5S. The fourth-order valence-electron chi connectivity index (χ4n) is 2.42. The first kappa shape index (κ1) is 21.1. The molecule has 9 nitrogen and oxygen atoms in total. The molecule has 0 amide bonds. The summed E-state index contributed by atoms with van der Waals surface area (Å²) in [7, 11) is -4.06. The van der Waals surface area contributed by atoms with Crippen molar-refractivity contribution in [2.24, 2.45) is 5.10 Å². The molecule has 3 aromatic carbocycles. The van der Waals surface area contributed by atoms with Crippen molar-refractivity contribution < 1.29 is 18.4 Å². The van der Waals surface area contributed by atoms with Crippen LogP contribution < -0.4 is 10.1 Å². The number of anilines is 2. The van der Waals surface area contributed by atoms with Gasteiger partial charge in [-0.2, -0.15) is 5.10 Å². The minimum absolute atomic E-state index is 0.00716. The van der Waals surface area contributed by atoms with Crippen LogP contribution in [0.5, 0.6) is 5.75 Å². The highest BCUT2D eigenvalue weighted by molar-refractivity contribution is 7.92. The zero-order chi connectivity index (χ0) is 21.7. The van der Waals surface area contributed by atoms with Crippen LogP contribution in [0.2, 0.25) is 5.02 Å². The minimum atomic E-state index is -4.06. The second-order valence-corrected chi connectivity index (χ2v) is 8.10. The van der Waals surface area contributed by atoms with Crippen molar-refractivity contribution >= 4 is 44.9 Å². The van der Waals surface area contributed by atoms with Crippen LogP contribution in [0, 0.1) is 10.1 Å². The van der Waals surface area contributed by atoms with Crippen LogP contribution in [-0.2, 0) is 10.0 Å². The van der Waals surface area contributed by atoms with Gasteiger partial charge in [0.15, 0.2) is 0 Å². The Labute approximate surface area is 176 Å². The second-order valence-electron chi connectivity index (χ2n) is 5.98. The van der Waals surface area contributed by atoms with Crippen molar-refractivity contribution in [3.05, 3.63) is 87.4 Å². The van der Waals surface area contributed by atoms with E-state index in [1.165, 1.54) is 48.7 Å². The summed E-state index contributed by atoms with van der Waals surface area (Å²) in [5.74, 6) is -0.00716. The molecule has 0 unspecified atom stereocenters. The molecule has 0 atom stereocenters. The number of para-hydroxylation sites is 1. The average Bonchev–Trinajstić information content (AvgIpc) is 2.71. The number of phenols is 1. The van der Waals surface area contributed by atoms with Gasteiger partial charge in [-0.3, -0.25) is 20.3 Å². The highest BCUT2D eigenvalue weighted by atomic mass is 35.5. The third kappa shape index (κ3) is 5.04. The summed E-state index contributed by atoms with van der Waals surface area (Å²) < 4.78 is 27.5. The number of nitrogens with zero attached hydrogens (tertiary/aromatic N) is 2. The molecule has 0 aromatic heterocycles. The number of nitro benzene ring substituents is 1. The largest absolute Gasteiger partial charge is 0.507 e. The number of rotatable bonds is 7. The molecule has 3 rings (SSSR count). The molecule has 0 aliphatic carbocycles. The van der Waals surface area contributed by atoms with Crippen LogP contribution >= 0.6 is 11.6 Å². The molecule has 0 aliphatic rings. The lowest BCUT2D eigenvalue weighted by molar-refractivity contribution is -0.384. The predicted octanol–water partition coefficient (Wildman–Crippen LogP) is 4.20. The van der Waals surface area contributed by atoms with E-state index >= 15 is 0 Å². The third-order valence-electron chi connectivity index (χ3n) is 3.90. The number of benzene rings is 3. The van der Waals surface area contributed by atoms with Crippen molar-refractivity contribution in [3.8, 4) is 5.75 Å². The summed E-state index contributed by atoms with van der Waals surface area (Å²) in [6, 6.07) is 15.7. The van der Waals surface area contributed by atoms with Crippen molar-refractivity contribution in [3.63, 3.8) is 0 Å². The topological polar surface area (TPSA) is 134 Å². The first-order valence-corrected chi connectivity index (χ1v) is 10.3. The molecule has 0 saturated heterocycles. The van der Waals surface area contributed by atoms with Crippen LogP contribution in [0.4, 0.5) is 17.1 Å². The smallest absolute Gasteiger partial charge is 0.295 e. The van der Waals surface area contributed by atoms with Crippen molar-refractivity contribution in [1.29, 1.82) is 0 Å². The van der Waals surface area contributed by atoms with Crippen LogP contribution in [0.3, 0.4) is 0 Å². The van der Waals surface area contributed by atoms with Crippen LogP contribution in [0.25, 0.3) is 0 Å². The number of halogens is 1. The molecule has 0 spiro atoms. The number of hydrazone groups is 1. The first-order valence-electron chi connectivity index (χ1n) is 8.40. The van der Waals surface area contributed by atoms with Crippen molar-refractivity contribution in [2.75, 3.05) is 10.1 Å². The van der Waals surface area contributed by atoms with Gasteiger partial charge >= 0.3 is 0 Å². The van der Waals surface area contributed by atoms with Gasteiger partial charge in [0.05, 0.1) is 16.0 Å². The molecule has 3 N–H and O–H groups in total. The van der Waals surface area contributed by atoms with E-state index in [0.717, 1.165) is 6.07 Å². The summed E-state index contributed by atoms with van der Waals surface area (Å²) in [4.78, 5) is 10.4. The summed E-state index contributed by atoms with van der Waals surface area (Å²) in [6.45, 7) is 0. The molecule has 3 aromatic rings. The average molecular weight is 447 g/mol. The van der Waals surface area contributed by atoms with Gasteiger partial charge in [-0.25, -0.2) is 8.42 Å². The Balaban J connectivity index is 1.85. The number of nitro groups is 1. The number of nitrogens with one attached hydrogen (secondary N) is 2. The Kier molecular flexibility index (Phi) is 6.19. The fraction of sp³-hybridized carbons (Fsp3) is 0. The van der Waals surface area contributed by atoms with E-state index < -0.39 is 20.6 Å². The maximum atomic E-state index is 12.6. The van der Waals surface area contributed by atoms with E-state index in [9.17, 15) is 23.6 Å². The van der Waals surface area contributed by atoms with E-state index in [1.807, 2.05) is 0 Å². The lowest BCUT2D eigenvalue weighted by atomic mass is 10.2. The lowest BCUT2D eigenvalue weighted by Crippen LogP contribution is -2.13.